The van der Waals surface area contributed by atoms with Crippen molar-refractivity contribution in [3.05, 3.63) is 12.7 Å². The molecule has 0 aromatic rings. The Morgan fingerprint density at radius 1 is 1.24 bits per heavy atom. The van der Waals surface area contributed by atoms with E-state index in [1.807, 2.05) is 0 Å². The van der Waals surface area contributed by atoms with Crippen LogP contribution in [-0.2, 0) is 9.53 Å². The third-order valence-electron chi connectivity index (χ3n) is 5.22. The van der Waals surface area contributed by atoms with Crippen molar-refractivity contribution in [3.8, 4) is 0 Å². The number of carbonyl (C=O) groups excluding carboxylic acids is 1. The van der Waals surface area contributed by atoms with Gasteiger partial charge >= 0.3 is 5.97 Å². The molecule has 0 amide bonds. The number of esters is 1. The molecule has 0 aliphatic heterocycles. The lowest BCUT2D eigenvalue weighted by molar-refractivity contribution is -0.165. The average molecular weight is 236 g/mol. The van der Waals surface area contributed by atoms with Gasteiger partial charge in [0, 0.05) is 17.9 Å². The van der Waals surface area contributed by atoms with Gasteiger partial charge in [-0.1, -0.05) is 20.4 Å². The van der Waals surface area contributed by atoms with E-state index >= 15 is 0 Å². The van der Waals surface area contributed by atoms with E-state index in [0.29, 0.717) is 6.42 Å². The van der Waals surface area contributed by atoms with Crippen molar-refractivity contribution in [2.24, 2.45) is 10.8 Å². The number of carbonyl (C=O) groups is 1. The lowest BCUT2D eigenvalue weighted by atomic mass is 9.66. The summed E-state index contributed by atoms with van der Waals surface area (Å²) in [6, 6.07) is 0. The third-order valence-corrected chi connectivity index (χ3v) is 5.22. The van der Waals surface area contributed by atoms with Crippen LogP contribution < -0.4 is 0 Å². The van der Waals surface area contributed by atoms with Gasteiger partial charge in [0.25, 0.3) is 0 Å². The van der Waals surface area contributed by atoms with E-state index in [-0.39, 0.29) is 16.8 Å². The molecular formula is C14H20O3. The molecule has 4 aliphatic rings. The molecular weight excluding hydrogens is 216 g/mol. The fourth-order valence-electron chi connectivity index (χ4n) is 5.29. The predicted octanol–water partition coefficient (Wildman–Crippen LogP) is 2.19. The van der Waals surface area contributed by atoms with Crippen molar-refractivity contribution in [1.82, 2.24) is 0 Å². The normalized spacial score (nSPS) is 55.0. The summed E-state index contributed by atoms with van der Waals surface area (Å²) in [5.74, 6) is -0.359. The fraction of sp³-hybridized carbons (Fsp3) is 0.786. The minimum absolute atomic E-state index is 0.0819. The number of hydrogen-bond donors (Lipinski definition) is 1. The van der Waals surface area contributed by atoms with Crippen LogP contribution in [0.5, 0.6) is 0 Å². The van der Waals surface area contributed by atoms with Crippen LogP contribution in [0, 0.1) is 10.8 Å². The number of ether oxygens (including phenoxy) is 1. The molecule has 0 radical (unpaired) electrons. The highest BCUT2D eigenvalue weighted by Crippen LogP contribution is 2.73. The second-order valence-corrected chi connectivity index (χ2v) is 7.10. The van der Waals surface area contributed by atoms with Crippen LogP contribution >= 0.6 is 0 Å². The van der Waals surface area contributed by atoms with Gasteiger partial charge in [0.15, 0.2) is 0 Å². The molecule has 1 N–H and O–H groups in total. The minimum atomic E-state index is -0.637. The average Bonchev–Trinajstić information content (AvgIpc) is 2.35. The zero-order chi connectivity index (χ0) is 12.5. The van der Waals surface area contributed by atoms with E-state index in [0.717, 1.165) is 25.7 Å². The van der Waals surface area contributed by atoms with Crippen molar-refractivity contribution in [2.45, 2.75) is 57.2 Å². The van der Waals surface area contributed by atoms with Gasteiger partial charge in [0.2, 0.25) is 0 Å². The summed E-state index contributed by atoms with van der Waals surface area (Å²) in [6.07, 6.45) is 5.40. The van der Waals surface area contributed by atoms with Gasteiger partial charge in [0.05, 0.1) is 5.60 Å². The van der Waals surface area contributed by atoms with E-state index in [1.54, 1.807) is 0 Å². The van der Waals surface area contributed by atoms with Crippen molar-refractivity contribution in [2.75, 3.05) is 0 Å². The van der Waals surface area contributed by atoms with Gasteiger partial charge in [0.1, 0.15) is 5.60 Å². The summed E-state index contributed by atoms with van der Waals surface area (Å²) in [6.45, 7) is 7.80. The number of rotatable bonds is 2. The van der Waals surface area contributed by atoms with Crippen LogP contribution in [0.25, 0.3) is 0 Å². The highest BCUT2D eigenvalue weighted by atomic mass is 16.6. The monoisotopic (exact) mass is 236 g/mol. The van der Waals surface area contributed by atoms with Crippen LogP contribution in [0.1, 0.15) is 46.0 Å². The molecule has 0 spiro atoms. The first-order chi connectivity index (χ1) is 7.74. The van der Waals surface area contributed by atoms with Gasteiger partial charge in [-0.05, 0) is 31.1 Å². The van der Waals surface area contributed by atoms with Crippen molar-refractivity contribution < 1.29 is 14.6 Å². The third kappa shape index (κ3) is 1.29. The van der Waals surface area contributed by atoms with Crippen LogP contribution in [0.15, 0.2) is 12.7 Å². The Morgan fingerprint density at radius 3 is 2.47 bits per heavy atom. The lowest BCUT2D eigenvalue weighted by Crippen LogP contribution is -2.45. The van der Waals surface area contributed by atoms with E-state index in [9.17, 15) is 9.90 Å². The largest absolute Gasteiger partial charge is 0.456 e. The molecule has 0 saturated heterocycles. The molecule has 4 fully saturated rings. The van der Waals surface area contributed by atoms with Crippen LogP contribution in [-0.4, -0.2) is 22.3 Å². The Bertz CT molecular complexity index is 394. The van der Waals surface area contributed by atoms with Gasteiger partial charge in [-0.3, -0.25) is 0 Å². The topological polar surface area (TPSA) is 46.5 Å². The molecule has 0 heterocycles. The SMILES string of the molecule is C=CC(=O)OC12CC3(C)CC(C)(C1)C(O)(C3)C2. The first-order valence-corrected chi connectivity index (χ1v) is 6.32. The first kappa shape index (κ1) is 11.3. The molecule has 4 aliphatic carbocycles. The molecule has 4 unspecified atom stereocenters. The highest BCUT2D eigenvalue weighted by Gasteiger charge is 2.74. The molecule has 17 heavy (non-hydrogen) atoms. The molecule has 4 atom stereocenters. The standard InChI is InChI=1S/C14H20O3/c1-4-10(15)17-13-6-11(2)5-12(3,8-13)14(16,7-11)9-13/h4,16H,1,5-9H2,2-3H3. The van der Waals surface area contributed by atoms with E-state index in [4.69, 9.17) is 4.74 Å². The van der Waals surface area contributed by atoms with E-state index < -0.39 is 11.2 Å². The minimum Gasteiger partial charge on any atom is -0.456 e. The van der Waals surface area contributed by atoms with Crippen LogP contribution in [0.4, 0.5) is 0 Å². The predicted molar refractivity (Wildman–Crippen MR) is 63.3 cm³/mol. The number of aliphatic hydroxyl groups is 1. The molecule has 4 saturated carbocycles. The summed E-state index contributed by atoms with van der Waals surface area (Å²) in [5.41, 5.74) is -1.04. The van der Waals surface area contributed by atoms with Crippen LogP contribution in [0.3, 0.4) is 0 Å². The Kier molecular flexibility index (Phi) is 1.84. The molecule has 4 bridgehead atoms. The second kappa shape index (κ2) is 2.77. The second-order valence-electron chi connectivity index (χ2n) is 7.10. The summed E-state index contributed by atoms with van der Waals surface area (Å²) in [5, 5.41) is 10.8. The summed E-state index contributed by atoms with van der Waals surface area (Å²) < 4.78 is 5.60. The smallest absolute Gasteiger partial charge is 0.330 e. The molecule has 0 aromatic heterocycles. The van der Waals surface area contributed by atoms with E-state index in [2.05, 4.69) is 20.4 Å². The van der Waals surface area contributed by atoms with Crippen molar-refractivity contribution >= 4 is 5.97 Å². The van der Waals surface area contributed by atoms with Crippen LogP contribution in [0.2, 0.25) is 0 Å². The van der Waals surface area contributed by atoms with E-state index in [1.165, 1.54) is 6.08 Å². The fourth-order valence-corrected chi connectivity index (χ4v) is 5.29. The first-order valence-electron chi connectivity index (χ1n) is 6.32. The Labute approximate surface area is 102 Å². The zero-order valence-corrected chi connectivity index (χ0v) is 10.6. The molecule has 0 aromatic carbocycles. The van der Waals surface area contributed by atoms with Gasteiger partial charge in [-0.2, -0.15) is 0 Å². The number of hydrogen-bond acceptors (Lipinski definition) is 3. The maximum absolute atomic E-state index is 11.5. The summed E-state index contributed by atoms with van der Waals surface area (Å²) in [7, 11) is 0. The zero-order valence-electron chi connectivity index (χ0n) is 10.6. The van der Waals surface area contributed by atoms with Gasteiger partial charge in [-0.25, -0.2) is 4.79 Å². The molecule has 4 rings (SSSR count). The quantitative estimate of drug-likeness (QED) is 0.590. The van der Waals surface area contributed by atoms with Gasteiger partial charge < -0.3 is 9.84 Å². The summed E-state index contributed by atoms with van der Waals surface area (Å²) in [4.78, 5) is 11.5. The summed E-state index contributed by atoms with van der Waals surface area (Å²) >= 11 is 0. The van der Waals surface area contributed by atoms with Gasteiger partial charge in [-0.15, -0.1) is 0 Å². The molecule has 3 nitrogen and oxygen atoms in total. The Balaban J connectivity index is 1.97. The molecule has 94 valence electrons. The van der Waals surface area contributed by atoms with Crippen molar-refractivity contribution in [1.29, 1.82) is 0 Å². The Hall–Kier alpha value is -0.830. The molecule has 3 heteroatoms. The maximum Gasteiger partial charge on any atom is 0.330 e. The maximum atomic E-state index is 11.5. The highest BCUT2D eigenvalue weighted by molar-refractivity contribution is 5.81. The van der Waals surface area contributed by atoms with Crippen molar-refractivity contribution in [3.63, 3.8) is 0 Å². The lowest BCUT2D eigenvalue weighted by Gasteiger charge is -2.44. The Morgan fingerprint density at radius 2 is 1.94 bits per heavy atom.